The Balaban J connectivity index is 1.97. The monoisotopic (exact) mass is 90.0 g/mol. The van der Waals surface area contributed by atoms with Crippen molar-refractivity contribution in [3.8, 4) is 0 Å². The molecule has 0 unspecified atom stereocenters. The highest BCUT2D eigenvalue weighted by atomic mass is 28.2. The van der Waals surface area contributed by atoms with E-state index in [0.717, 1.165) is 0 Å². The Bertz CT molecular complexity index is 6.00. The molecule has 0 rings (SSSR count). The molecule has 0 saturated carbocycles. The van der Waals surface area contributed by atoms with Crippen LogP contribution in [-0.4, -0.2) is 20.5 Å². The molecular weight excluding hydrogens is 80.2 g/mol. The average molecular weight is 90.3 g/mol. The van der Waals surface area contributed by atoms with Crippen LogP contribution in [0, 0.1) is 0 Å². The summed E-state index contributed by atoms with van der Waals surface area (Å²) in [6.45, 7) is 0. The molecule has 0 nitrogen and oxygen atoms in total. The fourth-order valence-corrected chi connectivity index (χ4v) is 0. The van der Waals surface area contributed by atoms with Gasteiger partial charge in [0, 0.05) is 20.5 Å². The first-order valence-corrected chi connectivity index (χ1v) is 4.74. The predicted octanol–water partition coefficient (Wildman–Crippen LogP) is -1.45. The summed E-state index contributed by atoms with van der Waals surface area (Å²) in [5.74, 6) is 0. The second-order valence-electron chi connectivity index (χ2n) is 1.000. The summed E-state index contributed by atoms with van der Waals surface area (Å²) in [6.07, 6.45) is 0. The standard InChI is InChI=1S/C2H10Si2/c3-1-2-4/h1-2H2,3-4H3. The number of hydrogen-bond acceptors (Lipinski definition) is 0. The van der Waals surface area contributed by atoms with E-state index >= 15 is 0 Å². The van der Waals surface area contributed by atoms with Gasteiger partial charge in [-0.2, -0.15) is 0 Å². The highest BCUT2D eigenvalue weighted by molar-refractivity contribution is 6.16. The van der Waals surface area contributed by atoms with E-state index < -0.39 is 0 Å². The molecule has 0 aliphatic carbocycles. The van der Waals surface area contributed by atoms with Gasteiger partial charge in [-0.15, -0.1) is 0 Å². The maximum absolute atomic E-state index is 1.52. The molecule has 0 aromatic rings. The van der Waals surface area contributed by atoms with Crippen LogP contribution in [0.1, 0.15) is 0 Å². The van der Waals surface area contributed by atoms with Crippen LogP contribution in [0.3, 0.4) is 0 Å². The Labute approximate surface area is 33.4 Å². The number of rotatable bonds is 1. The Morgan fingerprint density at radius 2 is 1.25 bits per heavy atom. The lowest BCUT2D eigenvalue weighted by Gasteiger charge is -1.67. The van der Waals surface area contributed by atoms with Gasteiger partial charge in [0.1, 0.15) is 0 Å². The zero-order chi connectivity index (χ0) is 3.41. The highest BCUT2D eigenvalue weighted by Gasteiger charge is 1.57. The summed E-state index contributed by atoms with van der Waals surface area (Å²) in [5.41, 5.74) is 0. The quantitative estimate of drug-likeness (QED) is 0.346. The van der Waals surface area contributed by atoms with E-state index in [2.05, 4.69) is 0 Å². The maximum Gasteiger partial charge on any atom is 0.00240 e. The number of hydrogen-bond donors (Lipinski definition) is 0. The molecule has 0 aliphatic rings. The van der Waals surface area contributed by atoms with Gasteiger partial charge in [0.25, 0.3) is 0 Å². The lowest BCUT2D eigenvalue weighted by molar-refractivity contribution is 1.46. The van der Waals surface area contributed by atoms with Gasteiger partial charge in [0.15, 0.2) is 0 Å². The second kappa shape index (κ2) is 3.43. The van der Waals surface area contributed by atoms with Crippen molar-refractivity contribution in [2.45, 2.75) is 12.1 Å². The summed E-state index contributed by atoms with van der Waals surface area (Å²) in [6, 6.07) is 3.04. The topological polar surface area (TPSA) is 0 Å². The van der Waals surface area contributed by atoms with Gasteiger partial charge in [-0.05, 0) is 0 Å². The minimum absolute atomic E-state index is 1.42. The minimum Gasteiger partial charge on any atom is -0.0689 e. The molecule has 26 valence electrons. The second-order valence-corrected chi connectivity index (χ2v) is 3.00. The van der Waals surface area contributed by atoms with Crippen molar-refractivity contribution in [3.05, 3.63) is 0 Å². The van der Waals surface area contributed by atoms with Crippen LogP contribution in [-0.2, 0) is 0 Å². The van der Waals surface area contributed by atoms with Crippen LogP contribution < -0.4 is 0 Å². The molecule has 0 radical (unpaired) electrons. The molecule has 0 aromatic heterocycles. The van der Waals surface area contributed by atoms with Gasteiger partial charge in [0.2, 0.25) is 0 Å². The van der Waals surface area contributed by atoms with Gasteiger partial charge in [-0.1, -0.05) is 12.1 Å². The van der Waals surface area contributed by atoms with E-state index in [1.54, 1.807) is 0 Å². The predicted molar refractivity (Wildman–Crippen MR) is 29.5 cm³/mol. The summed E-state index contributed by atoms with van der Waals surface area (Å²) < 4.78 is 0. The molecular formula is C2H10Si2. The largest absolute Gasteiger partial charge is 0.0689 e. The molecule has 0 spiro atoms. The van der Waals surface area contributed by atoms with Crippen molar-refractivity contribution in [2.24, 2.45) is 0 Å². The molecule has 0 fully saturated rings. The van der Waals surface area contributed by atoms with Gasteiger partial charge in [-0.25, -0.2) is 0 Å². The lowest BCUT2D eigenvalue weighted by Crippen LogP contribution is -1.60. The Kier molecular flexibility index (Phi) is 3.81. The van der Waals surface area contributed by atoms with Gasteiger partial charge < -0.3 is 0 Å². The molecule has 0 amide bonds. The summed E-state index contributed by atoms with van der Waals surface area (Å²) >= 11 is 0. The van der Waals surface area contributed by atoms with Crippen LogP contribution in [0.15, 0.2) is 0 Å². The van der Waals surface area contributed by atoms with E-state index in [9.17, 15) is 0 Å². The van der Waals surface area contributed by atoms with Crippen LogP contribution >= 0.6 is 0 Å². The van der Waals surface area contributed by atoms with E-state index in [-0.39, 0.29) is 0 Å². The van der Waals surface area contributed by atoms with E-state index in [0.29, 0.717) is 0 Å². The third-order valence-corrected chi connectivity index (χ3v) is 4.50. The molecule has 2 heteroatoms. The maximum atomic E-state index is 1.52. The Morgan fingerprint density at radius 3 is 1.25 bits per heavy atom. The third kappa shape index (κ3) is 2.43. The molecule has 0 saturated heterocycles. The summed E-state index contributed by atoms with van der Waals surface area (Å²) in [4.78, 5) is 0. The fraction of sp³-hybridized carbons (Fsp3) is 1.00. The molecule has 0 N–H and O–H groups in total. The first kappa shape index (κ1) is 4.43. The SMILES string of the molecule is [SiH3]CC[SiH3]. The van der Waals surface area contributed by atoms with Gasteiger partial charge >= 0.3 is 0 Å². The summed E-state index contributed by atoms with van der Waals surface area (Å²) in [5, 5.41) is 0. The minimum atomic E-state index is 1.42. The van der Waals surface area contributed by atoms with Crippen molar-refractivity contribution < 1.29 is 0 Å². The highest BCUT2D eigenvalue weighted by Crippen LogP contribution is 1.70. The molecule has 0 heterocycles. The van der Waals surface area contributed by atoms with Gasteiger partial charge in [-0.3, -0.25) is 0 Å². The van der Waals surface area contributed by atoms with Crippen LogP contribution in [0.25, 0.3) is 0 Å². The van der Waals surface area contributed by atoms with Crippen molar-refractivity contribution in [1.82, 2.24) is 0 Å². The van der Waals surface area contributed by atoms with Crippen molar-refractivity contribution in [2.75, 3.05) is 0 Å². The summed E-state index contributed by atoms with van der Waals surface area (Å²) in [7, 11) is 2.85. The normalized spacial score (nSPS) is 9.00. The smallest absolute Gasteiger partial charge is 0.00240 e. The fourth-order valence-electron chi connectivity index (χ4n) is 0. The molecule has 4 heavy (non-hydrogen) atoms. The zero-order valence-electron chi connectivity index (χ0n) is 3.41. The van der Waals surface area contributed by atoms with E-state index in [4.69, 9.17) is 0 Å². The van der Waals surface area contributed by atoms with E-state index in [1.165, 1.54) is 32.6 Å². The Hall–Kier alpha value is 0.434. The van der Waals surface area contributed by atoms with Crippen molar-refractivity contribution in [1.29, 1.82) is 0 Å². The van der Waals surface area contributed by atoms with Crippen molar-refractivity contribution in [3.63, 3.8) is 0 Å². The third-order valence-electron chi connectivity index (χ3n) is 0.500. The first-order chi connectivity index (χ1) is 1.91. The van der Waals surface area contributed by atoms with E-state index in [1.807, 2.05) is 0 Å². The first-order valence-electron chi connectivity index (χ1n) is 1.91. The van der Waals surface area contributed by atoms with Crippen LogP contribution in [0.2, 0.25) is 12.1 Å². The van der Waals surface area contributed by atoms with Gasteiger partial charge in [0.05, 0.1) is 0 Å². The van der Waals surface area contributed by atoms with Crippen LogP contribution in [0.5, 0.6) is 0 Å². The molecule has 0 aliphatic heterocycles. The average Bonchev–Trinajstić information content (AvgIpc) is 1.37. The lowest BCUT2D eigenvalue weighted by atomic mass is 11.0. The zero-order valence-corrected chi connectivity index (χ0v) is 7.41. The van der Waals surface area contributed by atoms with Crippen LogP contribution in [0.4, 0.5) is 0 Å². The molecule has 0 atom stereocenters. The Morgan fingerprint density at radius 1 is 1.00 bits per heavy atom. The van der Waals surface area contributed by atoms with Crippen molar-refractivity contribution >= 4 is 20.5 Å². The molecule has 0 bridgehead atoms. The molecule has 0 aromatic carbocycles.